The average Bonchev–Trinajstić information content (AvgIpc) is 2.47. The molecule has 2 rings (SSSR count). The van der Waals surface area contributed by atoms with E-state index in [4.69, 9.17) is 16.3 Å². The molecule has 2 N–H and O–H groups in total. The van der Waals surface area contributed by atoms with Crippen LogP contribution in [0.3, 0.4) is 0 Å². The van der Waals surface area contributed by atoms with Crippen LogP contribution in [0.25, 0.3) is 0 Å². The van der Waals surface area contributed by atoms with Crippen molar-refractivity contribution in [3.8, 4) is 5.75 Å². The van der Waals surface area contributed by atoms with Gasteiger partial charge < -0.3 is 15.4 Å². The van der Waals surface area contributed by atoms with Crippen molar-refractivity contribution in [1.82, 2.24) is 0 Å². The highest BCUT2D eigenvalue weighted by molar-refractivity contribution is 6.31. The summed E-state index contributed by atoms with van der Waals surface area (Å²) < 4.78 is 18.1. The van der Waals surface area contributed by atoms with Crippen LogP contribution in [0.2, 0.25) is 5.02 Å². The number of amides is 2. The number of halogens is 2. The molecule has 2 aromatic rings. The zero-order chi connectivity index (χ0) is 16.8. The van der Waals surface area contributed by atoms with E-state index in [2.05, 4.69) is 10.6 Å². The number of ether oxygens (including phenoxy) is 1. The minimum absolute atomic E-state index is 0.281. The van der Waals surface area contributed by atoms with Crippen LogP contribution in [-0.4, -0.2) is 18.9 Å². The molecule has 2 amide bonds. The normalized spacial score (nSPS) is 10.0. The number of anilines is 2. The predicted molar refractivity (Wildman–Crippen MR) is 86.3 cm³/mol. The summed E-state index contributed by atoms with van der Waals surface area (Å²) >= 11 is 5.86. The smallest absolute Gasteiger partial charge is 0.233 e. The lowest BCUT2D eigenvalue weighted by Crippen LogP contribution is -2.21. The number of benzene rings is 2. The van der Waals surface area contributed by atoms with E-state index in [1.165, 1.54) is 31.4 Å². The second-order valence-corrected chi connectivity index (χ2v) is 5.06. The van der Waals surface area contributed by atoms with Crippen molar-refractivity contribution in [1.29, 1.82) is 0 Å². The number of rotatable bonds is 5. The molecule has 2 aromatic carbocycles. The minimum atomic E-state index is -0.561. The number of carbonyl (C=O) groups is 2. The summed E-state index contributed by atoms with van der Waals surface area (Å²) in [7, 11) is 1.45. The molecule has 0 aliphatic heterocycles. The lowest BCUT2D eigenvalue weighted by atomic mass is 10.2. The quantitative estimate of drug-likeness (QED) is 0.822. The number of carbonyl (C=O) groups excluding carboxylic acids is 2. The van der Waals surface area contributed by atoms with Crippen molar-refractivity contribution in [3.63, 3.8) is 0 Å². The monoisotopic (exact) mass is 336 g/mol. The van der Waals surface area contributed by atoms with Gasteiger partial charge in [0.2, 0.25) is 11.8 Å². The lowest BCUT2D eigenvalue weighted by Gasteiger charge is -2.10. The standard InChI is InChI=1S/C16H14ClFN2O3/c1-23-14-6-5-10(17)7-13(14)20-16(22)9-15(21)19-12-4-2-3-11(18)8-12/h2-8H,9H2,1H3,(H,19,21)(H,20,22). The fraction of sp³-hybridized carbons (Fsp3) is 0.125. The van der Waals surface area contributed by atoms with E-state index in [9.17, 15) is 14.0 Å². The molecule has 0 radical (unpaired) electrons. The second-order valence-electron chi connectivity index (χ2n) is 4.63. The van der Waals surface area contributed by atoms with Crippen molar-refractivity contribution >= 4 is 34.8 Å². The van der Waals surface area contributed by atoms with Crippen molar-refractivity contribution in [2.75, 3.05) is 17.7 Å². The Bertz CT molecular complexity index is 737. The number of hydrogen-bond acceptors (Lipinski definition) is 3. The van der Waals surface area contributed by atoms with Gasteiger partial charge in [0.25, 0.3) is 0 Å². The maximum atomic E-state index is 13.0. The number of hydrogen-bond donors (Lipinski definition) is 2. The Kier molecular flexibility index (Phi) is 5.54. The van der Waals surface area contributed by atoms with Gasteiger partial charge in [0, 0.05) is 10.7 Å². The van der Waals surface area contributed by atoms with Crippen molar-refractivity contribution in [2.24, 2.45) is 0 Å². The van der Waals surface area contributed by atoms with Gasteiger partial charge in [-0.25, -0.2) is 4.39 Å². The van der Waals surface area contributed by atoms with Gasteiger partial charge in [-0.05, 0) is 36.4 Å². The number of methoxy groups -OCH3 is 1. The topological polar surface area (TPSA) is 67.4 Å². The molecule has 0 aliphatic rings. The summed E-state index contributed by atoms with van der Waals surface area (Å²) in [5.74, 6) is -1.15. The highest BCUT2D eigenvalue weighted by Crippen LogP contribution is 2.27. The maximum Gasteiger partial charge on any atom is 0.233 e. The van der Waals surface area contributed by atoms with Crippen LogP contribution in [0.5, 0.6) is 5.75 Å². The first-order chi connectivity index (χ1) is 11.0. The fourth-order valence-electron chi connectivity index (χ4n) is 1.89. The van der Waals surface area contributed by atoms with Gasteiger partial charge in [-0.3, -0.25) is 9.59 Å². The molecule has 0 heterocycles. The Morgan fingerprint density at radius 3 is 2.57 bits per heavy atom. The van der Waals surface area contributed by atoms with Crippen LogP contribution in [-0.2, 0) is 9.59 Å². The molecular formula is C16H14ClFN2O3. The Hall–Kier alpha value is -2.60. The zero-order valence-electron chi connectivity index (χ0n) is 12.2. The highest BCUT2D eigenvalue weighted by atomic mass is 35.5. The summed E-state index contributed by atoms with van der Waals surface area (Å²) in [6, 6.07) is 10.1. The Labute approximate surface area is 137 Å². The molecule has 0 spiro atoms. The van der Waals surface area contributed by atoms with E-state index in [0.29, 0.717) is 16.5 Å². The largest absolute Gasteiger partial charge is 0.495 e. The molecule has 0 atom stereocenters. The van der Waals surface area contributed by atoms with Crippen LogP contribution in [0.1, 0.15) is 6.42 Å². The maximum absolute atomic E-state index is 13.0. The molecule has 0 saturated carbocycles. The third-order valence-electron chi connectivity index (χ3n) is 2.87. The van der Waals surface area contributed by atoms with Crippen LogP contribution in [0, 0.1) is 5.82 Å². The predicted octanol–water partition coefficient (Wildman–Crippen LogP) is 3.46. The summed E-state index contributed by atoms with van der Waals surface area (Å²) in [4.78, 5) is 23.7. The second kappa shape index (κ2) is 7.60. The van der Waals surface area contributed by atoms with E-state index >= 15 is 0 Å². The molecule has 0 aliphatic carbocycles. The van der Waals surface area contributed by atoms with Gasteiger partial charge in [0.1, 0.15) is 18.0 Å². The Balaban J connectivity index is 1.97. The third kappa shape index (κ3) is 4.96. The highest BCUT2D eigenvalue weighted by Gasteiger charge is 2.13. The molecule has 5 nitrogen and oxygen atoms in total. The van der Waals surface area contributed by atoms with Gasteiger partial charge in [0.15, 0.2) is 0 Å². The molecule has 120 valence electrons. The Morgan fingerprint density at radius 1 is 1.13 bits per heavy atom. The van der Waals surface area contributed by atoms with Crippen molar-refractivity contribution in [2.45, 2.75) is 6.42 Å². The van der Waals surface area contributed by atoms with Gasteiger partial charge in [-0.2, -0.15) is 0 Å². The summed E-state index contributed by atoms with van der Waals surface area (Å²) in [6.07, 6.45) is -0.424. The van der Waals surface area contributed by atoms with E-state index in [0.717, 1.165) is 6.07 Å². The Morgan fingerprint density at radius 2 is 1.87 bits per heavy atom. The third-order valence-corrected chi connectivity index (χ3v) is 3.10. The van der Waals surface area contributed by atoms with Crippen LogP contribution < -0.4 is 15.4 Å². The van der Waals surface area contributed by atoms with E-state index in [1.807, 2.05) is 0 Å². The van der Waals surface area contributed by atoms with Gasteiger partial charge in [-0.1, -0.05) is 17.7 Å². The molecule has 0 saturated heterocycles. The van der Waals surface area contributed by atoms with Crippen molar-refractivity contribution in [3.05, 3.63) is 53.3 Å². The van der Waals surface area contributed by atoms with Crippen LogP contribution in [0.4, 0.5) is 15.8 Å². The zero-order valence-corrected chi connectivity index (χ0v) is 13.0. The van der Waals surface area contributed by atoms with Crippen molar-refractivity contribution < 1.29 is 18.7 Å². The minimum Gasteiger partial charge on any atom is -0.495 e. The first kappa shape index (κ1) is 16.8. The lowest BCUT2D eigenvalue weighted by molar-refractivity contribution is -0.123. The van der Waals surface area contributed by atoms with Gasteiger partial charge in [0.05, 0.1) is 12.8 Å². The fourth-order valence-corrected chi connectivity index (χ4v) is 2.06. The van der Waals surface area contributed by atoms with Crippen LogP contribution in [0.15, 0.2) is 42.5 Å². The molecule has 0 unspecified atom stereocenters. The van der Waals surface area contributed by atoms with E-state index in [1.54, 1.807) is 12.1 Å². The average molecular weight is 337 g/mol. The first-order valence-corrected chi connectivity index (χ1v) is 7.04. The molecule has 0 fully saturated rings. The molecule has 0 bridgehead atoms. The SMILES string of the molecule is COc1ccc(Cl)cc1NC(=O)CC(=O)Nc1cccc(F)c1. The summed E-state index contributed by atoms with van der Waals surface area (Å²) in [6.45, 7) is 0. The number of nitrogens with one attached hydrogen (secondary N) is 2. The van der Waals surface area contributed by atoms with Gasteiger partial charge >= 0.3 is 0 Å². The molecule has 7 heteroatoms. The summed E-state index contributed by atoms with van der Waals surface area (Å²) in [5, 5.41) is 5.41. The van der Waals surface area contributed by atoms with Crippen LogP contribution >= 0.6 is 11.6 Å². The van der Waals surface area contributed by atoms with E-state index in [-0.39, 0.29) is 5.69 Å². The first-order valence-electron chi connectivity index (χ1n) is 6.67. The van der Waals surface area contributed by atoms with E-state index < -0.39 is 24.1 Å². The van der Waals surface area contributed by atoms with Gasteiger partial charge in [-0.15, -0.1) is 0 Å². The molecule has 23 heavy (non-hydrogen) atoms. The summed E-state index contributed by atoms with van der Waals surface area (Å²) in [5.41, 5.74) is 0.645. The molecule has 0 aromatic heterocycles. The molecular weight excluding hydrogens is 323 g/mol.